The number of carbonyl (C=O) groups is 1. The van der Waals surface area contributed by atoms with Crippen LogP contribution in [0.5, 0.6) is 0 Å². The summed E-state index contributed by atoms with van der Waals surface area (Å²) in [6, 6.07) is 13.9. The van der Waals surface area contributed by atoms with Crippen LogP contribution in [0.4, 0.5) is 5.69 Å². The van der Waals surface area contributed by atoms with Crippen LogP contribution >= 0.6 is 0 Å². The monoisotopic (exact) mass is 287 g/mol. The van der Waals surface area contributed by atoms with Crippen molar-refractivity contribution in [3.63, 3.8) is 0 Å². The number of benzene rings is 2. The number of hydrogen-bond donors (Lipinski definition) is 1. The fraction of sp³-hybridized carbons (Fsp3) is 0.0556. The van der Waals surface area contributed by atoms with Gasteiger partial charge in [0.2, 0.25) is 0 Å². The molecule has 2 aromatic heterocycles. The van der Waals surface area contributed by atoms with E-state index < -0.39 is 0 Å². The molecule has 1 N–H and O–H groups in total. The van der Waals surface area contributed by atoms with Crippen LogP contribution in [0.15, 0.2) is 48.7 Å². The van der Waals surface area contributed by atoms with Crippen LogP contribution < -0.4 is 5.32 Å². The lowest BCUT2D eigenvalue weighted by Gasteiger charge is -2.09. The van der Waals surface area contributed by atoms with E-state index >= 15 is 0 Å². The second-order valence-electron chi connectivity index (χ2n) is 5.16. The smallest absolute Gasteiger partial charge is 0.154 e. The highest BCUT2D eigenvalue weighted by molar-refractivity contribution is 6.10. The Kier molecular flexibility index (Phi) is 2.76. The standard InChI is InChI=1S/C18H13N3O/c1-19-15-6-4-12-9-11-5-7-16-13(3-2-8-20-16)17(11)21-18(12)14(15)10-22/h2-10,19H,1H3. The highest BCUT2D eigenvalue weighted by Crippen LogP contribution is 2.29. The summed E-state index contributed by atoms with van der Waals surface area (Å²) in [7, 11) is 1.80. The maximum atomic E-state index is 11.5. The van der Waals surface area contributed by atoms with Gasteiger partial charge in [-0.25, -0.2) is 4.98 Å². The van der Waals surface area contributed by atoms with Crippen LogP contribution in [0, 0.1) is 0 Å². The average molecular weight is 287 g/mol. The molecule has 0 saturated carbocycles. The number of nitrogens with one attached hydrogen (secondary N) is 1. The highest BCUT2D eigenvalue weighted by Gasteiger charge is 2.10. The molecular weight excluding hydrogens is 274 g/mol. The molecule has 0 bridgehead atoms. The Balaban J connectivity index is 2.21. The molecule has 0 saturated heterocycles. The van der Waals surface area contributed by atoms with Crippen LogP contribution in [0.25, 0.3) is 32.7 Å². The van der Waals surface area contributed by atoms with Gasteiger partial charge < -0.3 is 5.32 Å². The van der Waals surface area contributed by atoms with Crippen LogP contribution in [0.1, 0.15) is 10.4 Å². The van der Waals surface area contributed by atoms with Gasteiger partial charge in [-0.1, -0.05) is 12.1 Å². The fourth-order valence-corrected chi connectivity index (χ4v) is 2.88. The summed E-state index contributed by atoms with van der Waals surface area (Å²) >= 11 is 0. The van der Waals surface area contributed by atoms with Crippen molar-refractivity contribution in [1.82, 2.24) is 9.97 Å². The average Bonchev–Trinajstić information content (AvgIpc) is 2.58. The molecule has 2 heterocycles. The molecule has 4 aromatic rings. The highest BCUT2D eigenvalue weighted by atomic mass is 16.1. The molecular formula is C18H13N3O. The zero-order chi connectivity index (χ0) is 15.1. The number of carbonyl (C=O) groups excluding carboxylic acids is 1. The van der Waals surface area contributed by atoms with Gasteiger partial charge in [0.05, 0.1) is 22.1 Å². The first-order valence-corrected chi connectivity index (χ1v) is 7.06. The van der Waals surface area contributed by atoms with Gasteiger partial charge in [-0.15, -0.1) is 0 Å². The van der Waals surface area contributed by atoms with Gasteiger partial charge in [0.25, 0.3) is 0 Å². The molecule has 0 aliphatic heterocycles. The molecule has 2 aromatic carbocycles. The SMILES string of the molecule is CNc1ccc2cc3ccc4ncccc4c3nc2c1C=O. The number of nitrogens with zero attached hydrogens (tertiary/aromatic N) is 2. The van der Waals surface area contributed by atoms with Gasteiger partial charge in [-0.05, 0) is 30.3 Å². The number of fused-ring (bicyclic) bond motifs is 4. The second-order valence-corrected chi connectivity index (χ2v) is 5.16. The van der Waals surface area contributed by atoms with Crippen molar-refractivity contribution < 1.29 is 4.79 Å². The molecule has 0 radical (unpaired) electrons. The minimum absolute atomic E-state index is 0.586. The van der Waals surface area contributed by atoms with Crippen molar-refractivity contribution in [3.8, 4) is 0 Å². The quantitative estimate of drug-likeness (QED) is 0.346. The minimum Gasteiger partial charge on any atom is -0.387 e. The van der Waals surface area contributed by atoms with Crippen molar-refractivity contribution in [2.75, 3.05) is 12.4 Å². The Morgan fingerprint density at radius 1 is 1.05 bits per heavy atom. The zero-order valence-corrected chi connectivity index (χ0v) is 12.0. The van der Waals surface area contributed by atoms with E-state index in [0.717, 1.165) is 39.2 Å². The topological polar surface area (TPSA) is 54.9 Å². The molecule has 4 nitrogen and oxygen atoms in total. The maximum Gasteiger partial charge on any atom is 0.154 e. The van der Waals surface area contributed by atoms with E-state index in [0.29, 0.717) is 11.1 Å². The number of anilines is 1. The van der Waals surface area contributed by atoms with Gasteiger partial charge in [0.15, 0.2) is 6.29 Å². The first-order valence-electron chi connectivity index (χ1n) is 7.06. The van der Waals surface area contributed by atoms with E-state index in [1.54, 1.807) is 13.2 Å². The molecule has 4 heteroatoms. The third kappa shape index (κ3) is 1.74. The molecule has 22 heavy (non-hydrogen) atoms. The molecule has 0 unspecified atom stereocenters. The largest absolute Gasteiger partial charge is 0.387 e. The Morgan fingerprint density at radius 3 is 2.68 bits per heavy atom. The summed E-state index contributed by atoms with van der Waals surface area (Å²) < 4.78 is 0. The lowest BCUT2D eigenvalue weighted by Crippen LogP contribution is -1.97. The molecule has 106 valence electrons. The first kappa shape index (κ1) is 12.7. The summed E-state index contributed by atoms with van der Waals surface area (Å²) in [6.45, 7) is 0. The summed E-state index contributed by atoms with van der Waals surface area (Å²) in [6.07, 6.45) is 2.63. The number of hydrogen-bond acceptors (Lipinski definition) is 4. The summed E-state index contributed by atoms with van der Waals surface area (Å²) in [5.74, 6) is 0. The molecule has 0 aliphatic carbocycles. The lowest BCUT2D eigenvalue weighted by molar-refractivity contribution is 0.112. The van der Waals surface area contributed by atoms with Crippen molar-refractivity contribution in [2.24, 2.45) is 0 Å². The second kappa shape index (κ2) is 4.77. The maximum absolute atomic E-state index is 11.5. The molecule has 4 rings (SSSR count). The van der Waals surface area contributed by atoms with Gasteiger partial charge >= 0.3 is 0 Å². The van der Waals surface area contributed by atoms with Crippen molar-refractivity contribution >= 4 is 44.7 Å². The van der Waals surface area contributed by atoms with E-state index in [4.69, 9.17) is 4.98 Å². The third-order valence-electron chi connectivity index (χ3n) is 3.96. The van der Waals surface area contributed by atoms with Gasteiger partial charge in [0, 0.05) is 35.1 Å². The fourth-order valence-electron chi connectivity index (χ4n) is 2.88. The number of rotatable bonds is 2. The van der Waals surface area contributed by atoms with Gasteiger partial charge in [-0.3, -0.25) is 9.78 Å². The predicted molar refractivity (Wildman–Crippen MR) is 89.5 cm³/mol. The van der Waals surface area contributed by atoms with E-state index in [1.807, 2.05) is 36.4 Å². The van der Waals surface area contributed by atoms with Crippen LogP contribution in [0.2, 0.25) is 0 Å². The Labute approximate surface area is 126 Å². The van der Waals surface area contributed by atoms with E-state index in [1.165, 1.54) is 0 Å². The summed E-state index contributed by atoms with van der Waals surface area (Å²) in [5.41, 5.74) is 3.86. The first-order chi connectivity index (χ1) is 10.8. The Hall–Kier alpha value is -3.01. The predicted octanol–water partition coefficient (Wildman–Crippen LogP) is 3.79. The number of aromatic nitrogens is 2. The Bertz CT molecular complexity index is 1040. The van der Waals surface area contributed by atoms with Crippen LogP contribution in [-0.4, -0.2) is 23.3 Å². The van der Waals surface area contributed by atoms with Crippen molar-refractivity contribution in [2.45, 2.75) is 0 Å². The molecule has 0 aliphatic rings. The van der Waals surface area contributed by atoms with E-state index in [9.17, 15) is 4.79 Å². The zero-order valence-electron chi connectivity index (χ0n) is 12.0. The minimum atomic E-state index is 0.586. The number of aldehydes is 1. The van der Waals surface area contributed by atoms with E-state index in [-0.39, 0.29) is 0 Å². The van der Waals surface area contributed by atoms with Gasteiger partial charge in [-0.2, -0.15) is 0 Å². The Morgan fingerprint density at radius 2 is 1.86 bits per heavy atom. The normalized spacial score (nSPS) is 11.1. The molecule has 0 amide bonds. The summed E-state index contributed by atoms with van der Waals surface area (Å²) in [5, 5.41) is 6.03. The van der Waals surface area contributed by atoms with Crippen molar-refractivity contribution in [1.29, 1.82) is 0 Å². The van der Waals surface area contributed by atoms with Crippen LogP contribution in [0.3, 0.4) is 0 Å². The van der Waals surface area contributed by atoms with E-state index in [2.05, 4.69) is 16.4 Å². The van der Waals surface area contributed by atoms with Gasteiger partial charge in [0.1, 0.15) is 0 Å². The molecule has 0 fully saturated rings. The van der Waals surface area contributed by atoms with Crippen LogP contribution in [-0.2, 0) is 0 Å². The third-order valence-corrected chi connectivity index (χ3v) is 3.96. The lowest BCUT2D eigenvalue weighted by atomic mass is 10.0. The molecule has 0 atom stereocenters. The molecule has 0 spiro atoms. The summed E-state index contributed by atoms with van der Waals surface area (Å²) in [4.78, 5) is 20.6. The van der Waals surface area contributed by atoms with Crippen molar-refractivity contribution in [3.05, 3.63) is 54.2 Å². The number of pyridine rings is 2.